The van der Waals surface area contributed by atoms with Gasteiger partial charge in [-0.05, 0) is 18.6 Å². The minimum atomic E-state index is -0.306. The molecule has 0 rings (SSSR count). The van der Waals surface area contributed by atoms with Crippen LogP contribution < -0.4 is 0 Å². The van der Waals surface area contributed by atoms with Crippen molar-refractivity contribution in [3.05, 3.63) is 36.7 Å². The number of rotatable bonds is 2. The third-order valence-corrected chi connectivity index (χ3v) is 0.672. The summed E-state index contributed by atoms with van der Waals surface area (Å²) < 4.78 is 12.2. The Kier molecular flexibility index (Phi) is 9.69. The summed E-state index contributed by atoms with van der Waals surface area (Å²) in [5, 5.41) is 0. The normalized spacial score (nSPS) is 9.40. The van der Waals surface area contributed by atoms with Crippen LogP contribution in [0.4, 0.5) is 4.39 Å². The largest absolute Gasteiger partial charge is 0.207 e. The lowest BCUT2D eigenvalue weighted by Gasteiger charge is -1.87. The second kappa shape index (κ2) is 8.15. The Labute approximate surface area is 62.8 Å². The van der Waals surface area contributed by atoms with Crippen LogP contribution in [0.1, 0.15) is 20.8 Å². The molecule has 0 atom stereocenters. The fraction of sp³-hybridized carbons (Fsp3) is 0.333. The van der Waals surface area contributed by atoms with Crippen molar-refractivity contribution in [1.82, 2.24) is 0 Å². The van der Waals surface area contributed by atoms with E-state index in [4.69, 9.17) is 0 Å². The molecule has 58 valence electrons. The number of hydrogen-bond donors (Lipinski definition) is 0. The Morgan fingerprint density at radius 2 is 1.80 bits per heavy atom. The molecule has 0 saturated carbocycles. The Hall–Kier alpha value is -0.850. The molecule has 0 aliphatic carbocycles. The summed E-state index contributed by atoms with van der Waals surface area (Å²) in [6, 6.07) is 0. The van der Waals surface area contributed by atoms with E-state index < -0.39 is 0 Å². The lowest BCUT2D eigenvalue weighted by molar-refractivity contribution is 0.653. The van der Waals surface area contributed by atoms with Crippen LogP contribution in [-0.4, -0.2) is 0 Å². The van der Waals surface area contributed by atoms with Crippen LogP contribution in [0.2, 0.25) is 0 Å². The smallest absolute Gasteiger partial charge is 0.125 e. The first-order chi connectivity index (χ1) is 4.68. The molecule has 0 aliphatic rings. The third kappa shape index (κ3) is 7.15. The molecule has 0 heterocycles. The van der Waals surface area contributed by atoms with Gasteiger partial charge < -0.3 is 0 Å². The highest BCUT2D eigenvalue weighted by Crippen LogP contribution is 2.06. The summed E-state index contributed by atoms with van der Waals surface area (Å²) in [5.41, 5.74) is 0.435. The average molecular weight is 142 g/mol. The van der Waals surface area contributed by atoms with Crippen molar-refractivity contribution < 1.29 is 4.39 Å². The van der Waals surface area contributed by atoms with Crippen LogP contribution in [0.3, 0.4) is 0 Å². The number of hydrogen-bond acceptors (Lipinski definition) is 0. The SMILES string of the molecule is C=C/C=C(/F)C(=C)C.CC. The van der Waals surface area contributed by atoms with E-state index in [9.17, 15) is 4.39 Å². The van der Waals surface area contributed by atoms with E-state index >= 15 is 0 Å². The highest BCUT2D eigenvalue weighted by Gasteiger charge is 1.88. The quantitative estimate of drug-likeness (QED) is 0.516. The molecule has 0 spiro atoms. The molecule has 0 fully saturated rings. The minimum absolute atomic E-state index is 0.306. The van der Waals surface area contributed by atoms with Gasteiger partial charge in [0.1, 0.15) is 5.83 Å². The van der Waals surface area contributed by atoms with Crippen molar-refractivity contribution >= 4 is 0 Å². The summed E-state index contributed by atoms with van der Waals surface area (Å²) in [5.74, 6) is -0.306. The van der Waals surface area contributed by atoms with Crippen LogP contribution >= 0.6 is 0 Å². The second-order valence-corrected chi connectivity index (χ2v) is 1.53. The van der Waals surface area contributed by atoms with E-state index in [1.54, 1.807) is 6.92 Å². The first kappa shape index (κ1) is 11.9. The standard InChI is InChI=1S/C7H9F.C2H6/c1-4-5-7(8)6(2)3;1-2/h4-5H,1-2H2,3H3;1-2H3/b7-5+;. The molecule has 0 unspecified atom stereocenters. The summed E-state index contributed by atoms with van der Waals surface area (Å²) in [4.78, 5) is 0. The fourth-order valence-corrected chi connectivity index (χ4v) is 0.246. The van der Waals surface area contributed by atoms with E-state index in [1.165, 1.54) is 12.2 Å². The summed E-state index contributed by atoms with van der Waals surface area (Å²) in [7, 11) is 0. The lowest BCUT2D eigenvalue weighted by atomic mass is 10.3. The van der Waals surface area contributed by atoms with Gasteiger partial charge in [-0.2, -0.15) is 0 Å². The van der Waals surface area contributed by atoms with Gasteiger partial charge in [0.15, 0.2) is 0 Å². The minimum Gasteiger partial charge on any atom is -0.207 e. The molecule has 0 amide bonds. The van der Waals surface area contributed by atoms with Gasteiger partial charge in [0.2, 0.25) is 0 Å². The van der Waals surface area contributed by atoms with E-state index in [2.05, 4.69) is 13.2 Å². The van der Waals surface area contributed by atoms with Gasteiger partial charge in [-0.25, -0.2) is 4.39 Å². The van der Waals surface area contributed by atoms with E-state index in [1.807, 2.05) is 13.8 Å². The van der Waals surface area contributed by atoms with Crippen molar-refractivity contribution in [3.63, 3.8) is 0 Å². The highest BCUT2D eigenvalue weighted by atomic mass is 19.1. The van der Waals surface area contributed by atoms with Crippen LogP contribution in [0.25, 0.3) is 0 Å². The van der Waals surface area contributed by atoms with E-state index in [0.29, 0.717) is 5.57 Å². The average Bonchev–Trinajstić information content (AvgIpc) is 1.93. The van der Waals surface area contributed by atoms with Crippen LogP contribution in [0.15, 0.2) is 36.7 Å². The molecule has 0 N–H and O–H groups in total. The van der Waals surface area contributed by atoms with Crippen molar-refractivity contribution in [1.29, 1.82) is 0 Å². The maximum absolute atomic E-state index is 12.2. The second-order valence-electron chi connectivity index (χ2n) is 1.53. The molecule has 0 radical (unpaired) electrons. The molecular weight excluding hydrogens is 127 g/mol. The summed E-state index contributed by atoms with van der Waals surface area (Å²) in [6.07, 6.45) is 2.67. The topological polar surface area (TPSA) is 0 Å². The maximum Gasteiger partial charge on any atom is 0.125 e. The third-order valence-electron chi connectivity index (χ3n) is 0.672. The highest BCUT2D eigenvalue weighted by molar-refractivity contribution is 5.22. The maximum atomic E-state index is 12.2. The predicted molar refractivity (Wildman–Crippen MR) is 45.6 cm³/mol. The molecule has 0 aromatic carbocycles. The molecule has 0 saturated heterocycles. The Morgan fingerprint density at radius 1 is 1.40 bits per heavy atom. The van der Waals surface area contributed by atoms with Crippen LogP contribution in [0.5, 0.6) is 0 Å². The zero-order chi connectivity index (χ0) is 8.57. The van der Waals surface area contributed by atoms with Crippen molar-refractivity contribution in [2.75, 3.05) is 0 Å². The molecule has 0 aliphatic heterocycles. The first-order valence-corrected chi connectivity index (χ1v) is 3.32. The van der Waals surface area contributed by atoms with Crippen molar-refractivity contribution in [2.45, 2.75) is 20.8 Å². The monoisotopic (exact) mass is 142 g/mol. The molecule has 10 heavy (non-hydrogen) atoms. The molecule has 0 bridgehead atoms. The zero-order valence-corrected chi connectivity index (χ0v) is 6.95. The van der Waals surface area contributed by atoms with Gasteiger partial charge in [0, 0.05) is 0 Å². The Bertz CT molecular complexity index is 132. The molecule has 1 heteroatoms. The zero-order valence-electron chi connectivity index (χ0n) is 6.95. The predicted octanol–water partition coefficient (Wildman–Crippen LogP) is 3.63. The van der Waals surface area contributed by atoms with Gasteiger partial charge in [-0.1, -0.05) is 33.1 Å². The van der Waals surface area contributed by atoms with E-state index in [0.717, 1.165) is 0 Å². The Balaban J connectivity index is 0. The van der Waals surface area contributed by atoms with Crippen LogP contribution in [-0.2, 0) is 0 Å². The molecule has 0 aromatic rings. The lowest BCUT2D eigenvalue weighted by Crippen LogP contribution is -1.69. The molecule has 0 nitrogen and oxygen atoms in total. The van der Waals surface area contributed by atoms with Crippen molar-refractivity contribution in [2.24, 2.45) is 0 Å². The van der Waals surface area contributed by atoms with E-state index in [-0.39, 0.29) is 5.83 Å². The van der Waals surface area contributed by atoms with Crippen LogP contribution in [0, 0.1) is 0 Å². The fourth-order valence-electron chi connectivity index (χ4n) is 0.246. The first-order valence-electron chi connectivity index (χ1n) is 3.32. The van der Waals surface area contributed by atoms with Gasteiger partial charge in [0.25, 0.3) is 0 Å². The molecule has 0 aromatic heterocycles. The summed E-state index contributed by atoms with van der Waals surface area (Å²) in [6.45, 7) is 12.3. The van der Waals surface area contributed by atoms with Gasteiger partial charge in [-0.3, -0.25) is 0 Å². The van der Waals surface area contributed by atoms with Gasteiger partial charge in [0.05, 0.1) is 0 Å². The summed E-state index contributed by atoms with van der Waals surface area (Å²) >= 11 is 0. The Morgan fingerprint density at radius 3 is 1.90 bits per heavy atom. The molecular formula is C9H15F. The van der Waals surface area contributed by atoms with Gasteiger partial charge >= 0.3 is 0 Å². The van der Waals surface area contributed by atoms with Gasteiger partial charge in [-0.15, -0.1) is 0 Å². The number of allylic oxidation sites excluding steroid dienone is 4. The number of halogens is 1. The van der Waals surface area contributed by atoms with Crippen molar-refractivity contribution in [3.8, 4) is 0 Å².